The van der Waals surface area contributed by atoms with Gasteiger partial charge in [-0.3, -0.25) is 39.2 Å². The second kappa shape index (κ2) is 18.0. The quantitative estimate of drug-likeness (QED) is 0.134. The van der Waals surface area contributed by atoms with Crippen molar-refractivity contribution >= 4 is 59.0 Å². The molecule has 0 aromatic heterocycles. The summed E-state index contributed by atoms with van der Waals surface area (Å²) in [4.78, 5) is 58.2. The van der Waals surface area contributed by atoms with Gasteiger partial charge in [-0.15, -0.1) is 12.6 Å². The molecule has 3 aliphatic heterocycles. The molecule has 0 spiro atoms. The number of thiol groups is 1. The largest absolute Gasteiger partial charge is 0.492 e. The third-order valence-corrected chi connectivity index (χ3v) is 11.8. The molecule has 3 N–H and O–H groups in total. The normalized spacial score (nSPS) is 22.0. The minimum Gasteiger partial charge on any atom is -0.492 e. The average Bonchev–Trinajstić information content (AvgIpc) is 3.38. The Bertz CT molecular complexity index is 2290. The molecule has 4 atom stereocenters. The number of piperidine rings is 1. The Labute approximate surface area is 358 Å². The molecule has 14 nitrogen and oxygen atoms in total. The molecule has 322 valence electrons. The molecule has 4 amide bonds. The molecule has 3 aromatic rings. The number of carbonyl (C=O) groups excluding carboxylic acids is 4. The van der Waals surface area contributed by atoms with Crippen LogP contribution >= 0.6 is 12.6 Å². The standard InChI is InChI=1S/C43H48F3N9O5S/c1-6-28-17-33(55-41(61)54(40(59)42(55,4)5)32-8-7-29(21-48)34(19-32)43(44,45)46)9-11-36(28)60-14-13-52-22-26(3)53(23-25(52)2)24-38(57)50-31-16-27(20-47)15-30(18-31)49-35-10-12-37(56)51-39(35)58/h7-9,11,15-19,25-26,35,41,49,61H,6,10,12-14,22-24H2,1-5H3,(H,50,57)(H,51,56,58)/t25-,26-,35?,41+/m1/s1. The van der Waals surface area contributed by atoms with Crippen molar-refractivity contribution in [3.05, 3.63) is 76.9 Å². The van der Waals surface area contributed by atoms with E-state index >= 15 is 0 Å². The number of hydrogen-bond acceptors (Lipinski definition) is 12. The monoisotopic (exact) mass is 859 g/mol. The van der Waals surface area contributed by atoms with Crippen molar-refractivity contribution in [2.45, 2.75) is 89.2 Å². The number of imide groups is 1. The first-order chi connectivity index (χ1) is 28.8. The molecule has 18 heteroatoms. The molecular weight excluding hydrogens is 812 g/mol. The van der Waals surface area contributed by atoms with Gasteiger partial charge in [0, 0.05) is 60.9 Å². The highest BCUT2D eigenvalue weighted by Crippen LogP contribution is 2.43. The second-order valence-electron chi connectivity index (χ2n) is 16.0. The van der Waals surface area contributed by atoms with Crippen molar-refractivity contribution in [2.75, 3.05) is 53.2 Å². The van der Waals surface area contributed by atoms with E-state index in [4.69, 9.17) is 17.4 Å². The van der Waals surface area contributed by atoms with Crippen LogP contribution in [0.3, 0.4) is 0 Å². The number of nitriles is 2. The Balaban J connectivity index is 1.04. The van der Waals surface area contributed by atoms with E-state index in [0.717, 1.165) is 17.7 Å². The summed E-state index contributed by atoms with van der Waals surface area (Å²) in [6, 6.07) is 16.7. The lowest BCUT2D eigenvalue weighted by atomic mass is 10.0. The number of hydrogen-bond donors (Lipinski definition) is 4. The summed E-state index contributed by atoms with van der Waals surface area (Å²) < 4.78 is 47.7. The maximum atomic E-state index is 13.8. The van der Waals surface area contributed by atoms with Gasteiger partial charge in [-0.2, -0.15) is 23.7 Å². The lowest BCUT2D eigenvalue weighted by Gasteiger charge is -2.43. The zero-order chi connectivity index (χ0) is 44.4. The van der Waals surface area contributed by atoms with Crippen molar-refractivity contribution in [1.29, 1.82) is 10.5 Å². The fourth-order valence-corrected chi connectivity index (χ4v) is 8.76. The SMILES string of the molecule is CCc1cc(N2[C@@H](S)N(c3ccc(C#N)c(C(F)(F)F)c3)C(=O)C2(C)C)ccc1OCCN1C[C@@H](C)N(CC(=O)Nc2cc(C#N)cc(NC3CCC(=O)NC3=O)c2)C[C@H]1C. The highest BCUT2D eigenvalue weighted by atomic mass is 32.1. The van der Waals surface area contributed by atoms with E-state index < -0.39 is 46.2 Å². The van der Waals surface area contributed by atoms with Crippen LogP contribution in [0.4, 0.5) is 35.9 Å². The molecule has 0 saturated carbocycles. The van der Waals surface area contributed by atoms with Gasteiger partial charge in [0.05, 0.1) is 35.4 Å². The molecule has 0 aliphatic carbocycles. The van der Waals surface area contributed by atoms with E-state index in [9.17, 15) is 42.9 Å². The van der Waals surface area contributed by atoms with Gasteiger partial charge in [0.15, 0.2) is 5.50 Å². The summed E-state index contributed by atoms with van der Waals surface area (Å²) in [5, 5.41) is 27.1. The molecular formula is C43H48F3N9O5S. The van der Waals surface area contributed by atoms with E-state index in [1.165, 1.54) is 11.0 Å². The number of carbonyl (C=O) groups is 4. The van der Waals surface area contributed by atoms with Crippen molar-refractivity contribution in [2.24, 2.45) is 0 Å². The van der Waals surface area contributed by atoms with Crippen LogP contribution in [0.5, 0.6) is 5.75 Å². The number of nitrogens with zero attached hydrogens (tertiary/aromatic N) is 6. The number of benzene rings is 3. The number of rotatable bonds is 12. The highest BCUT2D eigenvalue weighted by molar-refractivity contribution is 7.81. The Morgan fingerprint density at radius 3 is 2.33 bits per heavy atom. The van der Waals surface area contributed by atoms with Gasteiger partial charge in [-0.25, -0.2) is 0 Å². The Kier molecular flexibility index (Phi) is 13.2. The first kappa shape index (κ1) is 44.7. The van der Waals surface area contributed by atoms with Crippen LogP contribution in [0.2, 0.25) is 0 Å². The molecule has 3 fully saturated rings. The predicted octanol–water partition coefficient (Wildman–Crippen LogP) is 5.49. The van der Waals surface area contributed by atoms with Crippen LogP contribution in [0, 0.1) is 22.7 Å². The van der Waals surface area contributed by atoms with E-state index in [1.807, 2.05) is 19.1 Å². The topological polar surface area (TPSA) is 174 Å². The van der Waals surface area contributed by atoms with E-state index in [-0.39, 0.29) is 42.6 Å². The van der Waals surface area contributed by atoms with Crippen molar-refractivity contribution < 1.29 is 37.1 Å². The highest BCUT2D eigenvalue weighted by Gasteiger charge is 2.52. The van der Waals surface area contributed by atoms with Gasteiger partial charge >= 0.3 is 6.18 Å². The molecule has 6 rings (SSSR count). The number of aryl methyl sites for hydroxylation is 1. The van der Waals surface area contributed by atoms with Crippen LogP contribution in [0.1, 0.15) is 69.7 Å². The van der Waals surface area contributed by atoms with Gasteiger partial charge in [-0.05, 0) is 101 Å². The number of halogens is 3. The minimum absolute atomic E-state index is 0.0193. The third kappa shape index (κ3) is 9.72. The lowest BCUT2D eigenvalue weighted by molar-refractivity contribution is -0.138. The Morgan fingerprint density at radius 1 is 0.967 bits per heavy atom. The summed E-state index contributed by atoms with van der Waals surface area (Å²) in [5.41, 5.74) is -1.11. The minimum atomic E-state index is -4.79. The van der Waals surface area contributed by atoms with Crippen LogP contribution < -0.4 is 30.5 Å². The molecule has 3 aromatic carbocycles. The first-order valence-corrected chi connectivity index (χ1v) is 20.5. The number of amides is 4. The molecule has 3 heterocycles. The number of alkyl halides is 3. The number of anilines is 4. The molecule has 0 radical (unpaired) electrons. The lowest BCUT2D eigenvalue weighted by Crippen LogP contribution is -2.58. The number of piperazine rings is 1. The molecule has 1 unspecified atom stereocenters. The van der Waals surface area contributed by atoms with Crippen LogP contribution in [0.15, 0.2) is 54.6 Å². The molecule has 3 aliphatic rings. The number of ether oxygens (including phenoxy) is 1. The van der Waals surface area contributed by atoms with Crippen molar-refractivity contribution in [1.82, 2.24) is 15.1 Å². The van der Waals surface area contributed by atoms with Crippen LogP contribution in [0.25, 0.3) is 0 Å². The van der Waals surface area contributed by atoms with Gasteiger partial charge in [0.2, 0.25) is 17.7 Å². The maximum Gasteiger partial charge on any atom is 0.417 e. The van der Waals surface area contributed by atoms with Gasteiger partial charge < -0.3 is 20.3 Å². The summed E-state index contributed by atoms with van der Waals surface area (Å²) in [5.74, 6) is -0.816. The summed E-state index contributed by atoms with van der Waals surface area (Å²) in [6.45, 7) is 11.9. The van der Waals surface area contributed by atoms with E-state index in [1.54, 1.807) is 49.1 Å². The fraction of sp³-hybridized carbons (Fsp3) is 0.442. The van der Waals surface area contributed by atoms with Crippen LogP contribution in [-0.4, -0.2) is 95.4 Å². The molecule has 61 heavy (non-hydrogen) atoms. The van der Waals surface area contributed by atoms with E-state index in [0.29, 0.717) is 67.5 Å². The van der Waals surface area contributed by atoms with Gasteiger partial charge in [0.1, 0.15) is 23.9 Å². The Hall–Kier alpha value is -5.82. The zero-order valence-electron chi connectivity index (χ0n) is 34.5. The zero-order valence-corrected chi connectivity index (χ0v) is 35.4. The smallest absolute Gasteiger partial charge is 0.417 e. The van der Waals surface area contributed by atoms with E-state index in [2.05, 4.69) is 45.7 Å². The first-order valence-electron chi connectivity index (χ1n) is 20.0. The average molecular weight is 860 g/mol. The maximum absolute atomic E-state index is 13.8. The van der Waals surface area contributed by atoms with Crippen molar-refractivity contribution in [3.8, 4) is 17.9 Å². The summed E-state index contributed by atoms with van der Waals surface area (Å²) in [7, 11) is 0. The molecule has 0 bridgehead atoms. The number of nitrogens with one attached hydrogen (secondary N) is 3. The summed E-state index contributed by atoms with van der Waals surface area (Å²) >= 11 is 4.73. The molecule has 3 saturated heterocycles. The predicted molar refractivity (Wildman–Crippen MR) is 226 cm³/mol. The second-order valence-corrected chi connectivity index (χ2v) is 16.5. The van der Waals surface area contributed by atoms with Gasteiger partial charge in [-0.1, -0.05) is 6.92 Å². The van der Waals surface area contributed by atoms with Gasteiger partial charge in [0.25, 0.3) is 5.91 Å². The third-order valence-electron chi connectivity index (χ3n) is 11.4. The Morgan fingerprint density at radius 2 is 1.66 bits per heavy atom. The fourth-order valence-electron chi connectivity index (χ4n) is 8.10. The van der Waals surface area contributed by atoms with Crippen molar-refractivity contribution in [3.63, 3.8) is 0 Å². The van der Waals surface area contributed by atoms with Crippen LogP contribution in [-0.2, 0) is 31.8 Å². The summed E-state index contributed by atoms with van der Waals surface area (Å²) in [6.07, 6.45) is -3.67.